The molecule has 3 heterocycles. The number of hydrogen-bond donors (Lipinski definition) is 0. The Kier molecular flexibility index (Phi) is 30.2. The molecular formula is C91H105Ag2ClN5NaO-3. The van der Waals surface area contributed by atoms with Gasteiger partial charge in [0.2, 0.25) is 0 Å². The maximum atomic E-state index is 10.1. The first-order valence-electron chi connectivity index (χ1n) is 35.8. The molecule has 10 heteroatoms. The van der Waals surface area contributed by atoms with E-state index < -0.39 is 5.60 Å². The van der Waals surface area contributed by atoms with E-state index in [0.29, 0.717) is 47.3 Å². The fourth-order valence-corrected chi connectivity index (χ4v) is 13.9. The minimum absolute atomic E-state index is 0. The van der Waals surface area contributed by atoms with Crippen LogP contribution in [0.15, 0.2) is 218 Å². The van der Waals surface area contributed by atoms with Crippen LogP contribution in [0.1, 0.15) is 235 Å². The molecule has 2 aliphatic heterocycles. The first-order valence-corrected chi connectivity index (χ1v) is 37.7. The van der Waals surface area contributed by atoms with E-state index in [9.17, 15) is 5.11 Å². The predicted octanol–water partition coefficient (Wildman–Crippen LogP) is 23.2. The van der Waals surface area contributed by atoms with E-state index >= 15 is 0 Å². The molecule has 0 amide bonds. The van der Waals surface area contributed by atoms with Crippen LogP contribution in [0.4, 0.5) is 45.5 Å². The number of anilines is 8. The molecular weight excluding hydrogens is 1450 g/mol. The van der Waals surface area contributed by atoms with Crippen LogP contribution in [0.2, 0.25) is 0 Å². The first kappa shape index (κ1) is 82.2. The summed E-state index contributed by atoms with van der Waals surface area (Å²) in [6.45, 7) is 46.4. The second-order valence-electron chi connectivity index (χ2n) is 29.8. The molecule has 3 aliphatic rings. The van der Waals surface area contributed by atoms with Gasteiger partial charge < -0.3 is 29.7 Å². The molecule has 10 aromatic carbocycles. The minimum atomic E-state index is -0.750. The predicted molar refractivity (Wildman–Crippen MR) is 424 cm³/mol. The molecule has 0 saturated heterocycles. The Morgan fingerprint density at radius 2 is 0.525 bits per heavy atom. The van der Waals surface area contributed by atoms with Crippen molar-refractivity contribution in [1.29, 1.82) is 0 Å². The van der Waals surface area contributed by atoms with Crippen molar-refractivity contribution in [3.63, 3.8) is 0 Å². The third kappa shape index (κ3) is 19.1. The number of nitrogens with zero attached hydrogens (tertiary/aromatic N) is 5. The molecule has 0 spiro atoms. The summed E-state index contributed by atoms with van der Waals surface area (Å²) in [6, 6.07) is 78.8. The van der Waals surface area contributed by atoms with E-state index in [-0.39, 0.29) is 51.9 Å². The van der Waals surface area contributed by atoms with Crippen LogP contribution >= 0.6 is 9.19 Å². The monoisotopic (exact) mass is 1560 g/mol. The average molecular weight is 1560 g/mol. The third-order valence-corrected chi connectivity index (χ3v) is 18.6. The van der Waals surface area contributed by atoms with E-state index in [1.165, 1.54) is 123 Å². The van der Waals surface area contributed by atoms with Crippen molar-refractivity contribution >= 4 is 76.5 Å². The number of hydrogen-bond acceptors (Lipinski definition) is 5. The molecule has 1 aliphatic carbocycles. The summed E-state index contributed by atoms with van der Waals surface area (Å²) < 4.78 is 0. The Labute approximate surface area is 661 Å². The Morgan fingerprint density at radius 1 is 0.327 bits per heavy atom. The molecule has 533 valence electrons. The largest absolute Gasteiger partial charge is 1.00 e. The zero-order valence-corrected chi connectivity index (χ0v) is 69.1. The molecule has 0 saturated carbocycles. The SMILES string of the molecule is CC(C)(C)[O-].CC(C)c1cccc(C(C)C)c1N1[CH-]N(c2c(C(C)C)cccc2C(C)C)c2ccccc21.CC(C)c1cccc(C(C)C)c1N1[CH-]N(c2c(C(C)C)cccc2C(C)C)c2ccccc21.[Ag].[Cl][Ag].[Na+].c1ccc2c(c1)Cc1ccccc1-2.c1ccc2c(c1)[n-]c1ccccc12. The van der Waals surface area contributed by atoms with Crippen molar-refractivity contribution in [2.24, 2.45) is 0 Å². The van der Waals surface area contributed by atoms with Gasteiger partial charge in [-0.3, -0.25) is 0 Å². The summed E-state index contributed by atoms with van der Waals surface area (Å²) in [5, 5.41) is 12.6. The van der Waals surface area contributed by atoms with Crippen LogP contribution in [0.5, 0.6) is 0 Å². The quantitative estimate of drug-likeness (QED) is 0.0897. The number of aromatic nitrogens is 1. The fourth-order valence-electron chi connectivity index (χ4n) is 13.9. The number of halogens is 1. The molecule has 1 radical (unpaired) electrons. The fraction of sp³-hybridized carbons (Fsp3) is 0.319. The zero-order chi connectivity index (χ0) is 71.6. The molecule has 0 fully saturated rings. The summed E-state index contributed by atoms with van der Waals surface area (Å²) >= 11 is 2.42. The van der Waals surface area contributed by atoms with Gasteiger partial charge in [-0.05, 0) is 156 Å². The Bertz CT molecular complexity index is 3920. The second kappa shape index (κ2) is 37.1. The van der Waals surface area contributed by atoms with Crippen molar-refractivity contribution in [2.75, 3.05) is 19.6 Å². The number of para-hydroxylation sites is 10. The van der Waals surface area contributed by atoms with Gasteiger partial charge in [0, 0.05) is 67.9 Å². The number of fused-ring (bicyclic) bond motifs is 8. The van der Waals surface area contributed by atoms with E-state index in [1.807, 2.05) is 12.1 Å². The maximum absolute atomic E-state index is 10.1. The first-order chi connectivity index (χ1) is 47.3. The van der Waals surface area contributed by atoms with E-state index in [4.69, 9.17) is 0 Å². The van der Waals surface area contributed by atoms with Crippen molar-refractivity contribution in [2.45, 2.75) is 191 Å². The number of benzene rings is 10. The summed E-state index contributed by atoms with van der Waals surface area (Å²) in [5.74, 6) is 3.57. The normalized spacial score (nSPS) is 12.6. The molecule has 6 nitrogen and oxygen atoms in total. The van der Waals surface area contributed by atoms with Gasteiger partial charge in [-0.25, -0.2) is 0 Å². The molecule has 0 bridgehead atoms. The summed E-state index contributed by atoms with van der Waals surface area (Å²) in [7, 11) is 4.45. The van der Waals surface area contributed by atoms with E-state index in [1.54, 1.807) is 20.8 Å². The second-order valence-corrected chi connectivity index (χ2v) is 29.8. The number of rotatable bonds is 12. The van der Waals surface area contributed by atoms with Crippen molar-refractivity contribution in [1.82, 2.24) is 4.98 Å². The van der Waals surface area contributed by atoms with Gasteiger partial charge in [-0.15, -0.1) is 30.0 Å². The molecule has 14 rings (SSSR count). The van der Waals surface area contributed by atoms with Gasteiger partial charge in [0.25, 0.3) is 0 Å². The van der Waals surface area contributed by atoms with Gasteiger partial charge >= 0.3 is 58.7 Å². The van der Waals surface area contributed by atoms with E-state index in [0.717, 1.165) is 17.5 Å². The smallest absolute Gasteiger partial charge is 0.657 e. The summed E-state index contributed by atoms with van der Waals surface area (Å²) in [6.07, 6.45) is 1.10. The van der Waals surface area contributed by atoms with Gasteiger partial charge in [-0.2, -0.15) is 0 Å². The van der Waals surface area contributed by atoms with E-state index in [2.05, 4.69) is 384 Å². The van der Waals surface area contributed by atoms with Crippen molar-refractivity contribution in [3.05, 3.63) is 287 Å². The van der Waals surface area contributed by atoms with Crippen LogP contribution < -0.4 is 59.2 Å². The summed E-state index contributed by atoms with van der Waals surface area (Å²) in [5.41, 5.74) is 28.7. The summed E-state index contributed by atoms with van der Waals surface area (Å²) in [4.78, 5) is 14.3. The Hall–Kier alpha value is -6.07. The van der Waals surface area contributed by atoms with Gasteiger partial charge in [0.15, 0.2) is 0 Å². The third-order valence-electron chi connectivity index (χ3n) is 18.6. The van der Waals surface area contributed by atoms with Crippen molar-refractivity contribution < 1.29 is 77.0 Å². The van der Waals surface area contributed by atoms with Crippen LogP contribution in [0.25, 0.3) is 32.9 Å². The van der Waals surface area contributed by atoms with Gasteiger partial charge in [0.05, 0.1) is 0 Å². The molecule has 0 atom stereocenters. The molecule has 11 aromatic rings. The molecule has 1 aromatic heterocycles. The molecule has 101 heavy (non-hydrogen) atoms. The standard InChI is InChI=1S/2C31H39N2.C13H10.C12H8N.C4H9O.2Ag.ClH.Na/c2*1-20(2)24-13-11-14-25(21(3)4)30(24)32-19-33(29-18-10-9-17-28(29)32)31-26(22(5)6)15-12-16-27(31)23(7)8;1-3-7-12-10(5-1)9-11-6-2-4-8-13(11)12;1-3-7-11-9(5-1)10-6-2-4-8-12(10)13-11;1-4(2,3)5;;;;/h2*9-23H,1-8H3;1-8H,9H2;1-8H;1-3H3;;;1H;/q2*-1;;2*-1;;+1;;+1/p-1. The average Bonchev–Trinajstić information content (AvgIpc) is 1.60. The zero-order valence-electron chi connectivity index (χ0n) is 63.4. The van der Waals surface area contributed by atoms with Gasteiger partial charge in [0.1, 0.15) is 0 Å². The van der Waals surface area contributed by atoms with Gasteiger partial charge in [-0.1, -0.05) is 326 Å². The Balaban J connectivity index is 0.000000194. The Morgan fingerprint density at radius 3 is 0.752 bits per heavy atom. The van der Waals surface area contributed by atoms with Crippen LogP contribution in [0, 0.1) is 13.3 Å². The maximum Gasteiger partial charge on any atom is 1.00 e. The molecule has 0 unspecified atom stereocenters. The van der Waals surface area contributed by atoms with Crippen LogP contribution in [-0.4, -0.2) is 5.60 Å². The minimum Gasteiger partial charge on any atom is -0.657 e. The molecule has 0 N–H and O–H groups in total. The van der Waals surface area contributed by atoms with Crippen molar-refractivity contribution in [3.8, 4) is 11.1 Å². The van der Waals surface area contributed by atoms with Crippen LogP contribution in [0.3, 0.4) is 0 Å². The van der Waals surface area contributed by atoms with Crippen LogP contribution in [-0.2, 0) is 48.8 Å². The topological polar surface area (TPSA) is 50.1 Å².